The Morgan fingerprint density at radius 1 is 1.21 bits per heavy atom. The van der Waals surface area contributed by atoms with E-state index in [0.717, 1.165) is 5.92 Å². The number of hydrogen-bond donors (Lipinski definition) is 1. The summed E-state index contributed by atoms with van der Waals surface area (Å²) >= 11 is 0. The predicted molar refractivity (Wildman–Crippen MR) is 60.1 cm³/mol. The molecule has 0 aromatic rings. The lowest BCUT2D eigenvalue weighted by molar-refractivity contribution is 0.133. The van der Waals surface area contributed by atoms with Gasteiger partial charge in [-0.25, -0.2) is 0 Å². The molecule has 2 rings (SSSR count). The topological polar surface area (TPSA) is 29.3 Å². The van der Waals surface area contributed by atoms with E-state index in [0.29, 0.717) is 22.9 Å². The van der Waals surface area contributed by atoms with E-state index in [1.54, 1.807) is 0 Å². The van der Waals surface area contributed by atoms with E-state index in [1.165, 1.54) is 12.8 Å². The first-order valence-electron chi connectivity index (χ1n) is 5.74. The zero-order chi connectivity index (χ0) is 10.7. The van der Waals surface area contributed by atoms with Crippen molar-refractivity contribution in [3.63, 3.8) is 0 Å². The fourth-order valence-corrected chi connectivity index (χ4v) is 4.06. The van der Waals surface area contributed by atoms with Crippen molar-refractivity contribution in [2.24, 2.45) is 22.5 Å². The van der Waals surface area contributed by atoms with Crippen LogP contribution in [0.15, 0.2) is 0 Å². The highest BCUT2D eigenvalue weighted by atomic mass is 15.2. The van der Waals surface area contributed by atoms with Crippen LogP contribution in [0.25, 0.3) is 0 Å². The van der Waals surface area contributed by atoms with Crippen LogP contribution in [0.5, 0.6) is 0 Å². The molecule has 0 radical (unpaired) electrons. The lowest BCUT2D eigenvalue weighted by Crippen LogP contribution is -2.51. The monoisotopic (exact) mass is 196 g/mol. The van der Waals surface area contributed by atoms with Gasteiger partial charge in [0.05, 0.1) is 0 Å². The van der Waals surface area contributed by atoms with Crippen molar-refractivity contribution >= 4 is 0 Å². The largest absolute Gasteiger partial charge is 0.326 e. The molecule has 0 heterocycles. The lowest BCUT2D eigenvalue weighted by atomic mass is 9.69. The summed E-state index contributed by atoms with van der Waals surface area (Å²) in [4.78, 5) is 2.33. The number of fused-ring (bicyclic) bond motifs is 2. The zero-order valence-corrected chi connectivity index (χ0v) is 10.2. The van der Waals surface area contributed by atoms with E-state index in [1.807, 2.05) is 0 Å². The molecule has 2 aliphatic rings. The fraction of sp³-hybridized carbons (Fsp3) is 1.00. The quantitative estimate of drug-likeness (QED) is 0.691. The van der Waals surface area contributed by atoms with Gasteiger partial charge in [-0.05, 0) is 43.7 Å². The van der Waals surface area contributed by atoms with Gasteiger partial charge in [0.1, 0.15) is 0 Å². The van der Waals surface area contributed by atoms with E-state index >= 15 is 0 Å². The van der Waals surface area contributed by atoms with Crippen LogP contribution in [0.3, 0.4) is 0 Å². The Morgan fingerprint density at radius 3 is 2.07 bits per heavy atom. The molecule has 0 aliphatic heterocycles. The summed E-state index contributed by atoms with van der Waals surface area (Å²) in [5, 5.41) is 0. The SMILES string of the molecule is CN(C)[C@@H]1C2CCC(C)([C@H]1N)C2(C)C. The van der Waals surface area contributed by atoms with Crippen LogP contribution >= 0.6 is 0 Å². The van der Waals surface area contributed by atoms with Crippen molar-refractivity contribution < 1.29 is 0 Å². The third kappa shape index (κ3) is 0.938. The minimum absolute atomic E-state index is 0.353. The normalized spacial score (nSPS) is 50.4. The predicted octanol–water partition coefficient (Wildman–Crippen LogP) is 1.70. The van der Waals surface area contributed by atoms with Crippen molar-refractivity contribution in [3.05, 3.63) is 0 Å². The van der Waals surface area contributed by atoms with Crippen molar-refractivity contribution in [2.75, 3.05) is 14.1 Å². The van der Waals surface area contributed by atoms with E-state index in [4.69, 9.17) is 5.73 Å². The molecule has 2 heteroatoms. The summed E-state index contributed by atoms with van der Waals surface area (Å²) in [6, 6.07) is 0.940. The average Bonchev–Trinajstić information content (AvgIpc) is 2.35. The summed E-state index contributed by atoms with van der Waals surface area (Å²) in [6.07, 6.45) is 2.68. The van der Waals surface area contributed by atoms with Gasteiger partial charge < -0.3 is 10.6 Å². The van der Waals surface area contributed by atoms with Crippen molar-refractivity contribution in [1.29, 1.82) is 0 Å². The van der Waals surface area contributed by atoms with E-state index in [-0.39, 0.29) is 0 Å². The molecular formula is C12H24N2. The van der Waals surface area contributed by atoms with Gasteiger partial charge in [-0.2, -0.15) is 0 Å². The Bertz CT molecular complexity index is 247. The lowest BCUT2D eigenvalue weighted by Gasteiger charge is -2.39. The highest BCUT2D eigenvalue weighted by Gasteiger charge is 2.65. The maximum atomic E-state index is 6.43. The molecule has 82 valence electrons. The molecule has 14 heavy (non-hydrogen) atoms. The fourth-order valence-electron chi connectivity index (χ4n) is 4.06. The molecule has 2 bridgehead atoms. The minimum Gasteiger partial charge on any atom is -0.326 e. The van der Waals surface area contributed by atoms with Crippen LogP contribution < -0.4 is 5.73 Å². The van der Waals surface area contributed by atoms with Crippen molar-refractivity contribution in [3.8, 4) is 0 Å². The Morgan fingerprint density at radius 2 is 1.79 bits per heavy atom. The standard InChI is InChI=1S/C12H24N2/c1-11(2)8-6-7-12(11,3)10(13)9(8)14(4)5/h8-10H,6-7,13H2,1-5H3/t8?,9-,10+,12?/m1/s1. The van der Waals surface area contributed by atoms with E-state index in [9.17, 15) is 0 Å². The Balaban J connectivity index is 2.39. The van der Waals surface area contributed by atoms with Crippen molar-refractivity contribution in [1.82, 2.24) is 4.90 Å². The van der Waals surface area contributed by atoms with Gasteiger partial charge in [-0.1, -0.05) is 20.8 Å². The molecule has 0 saturated heterocycles. The molecular weight excluding hydrogens is 172 g/mol. The van der Waals surface area contributed by atoms with E-state index < -0.39 is 0 Å². The third-order valence-electron chi connectivity index (χ3n) is 5.49. The number of likely N-dealkylation sites (N-methyl/N-ethyl adjacent to an activating group) is 1. The Hall–Kier alpha value is -0.0800. The van der Waals surface area contributed by atoms with Gasteiger partial charge in [-0.3, -0.25) is 0 Å². The van der Waals surface area contributed by atoms with Gasteiger partial charge in [-0.15, -0.1) is 0 Å². The Labute approximate surface area is 87.8 Å². The smallest absolute Gasteiger partial charge is 0.0280 e. The number of nitrogens with two attached hydrogens (primary N) is 1. The second-order valence-electron chi connectivity index (χ2n) is 6.26. The Kier molecular flexibility index (Phi) is 2.04. The summed E-state index contributed by atoms with van der Waals surface area (Å²) in [6.45, 7) is 7.21. The molecule has 2 fully saturated rings. The third-order valence-corrected chi connectivity index (χ3v) is 5.49. The van der Waals surface area contributed by atoms with Crippen LogP contribution in [-0.2, 0) is 0 Å². The van der Waals surface area contributed by atoms with Crippen LogP contribution in [-0.4, -0.2) is 31.1 Å². The summed E-state index contributed by atoms with van der Waals surface area (Å²) in [7, 11) is 4.34. The molecule has 0 spiro atoms. The first-order valence-corrected chi connectivity index (χ1v) is 5.74. The first-order chi connectivity index (χ1) is 6.32. The summed E-state index contributed by atoms with van der Waals surface area (Å²) in [5.74, 6) is 0.789. The minimum atomic E-state index is 0.353. The molecule has 0 amide bonds. The number of hydrogen-bond acceptors (Lipinski definition) is 2. The maximum absolute atomic E-state index is 6.43. The first kappa shape index (κ1) is 10.4. The second kappa shape index (κ2) is 2.73. The summed E-state index contributed by atoms with van der Waals surface area (Å²) < 4.78 is 0. The number of nitrogens with zero attached hydrogens (tertiary/aromatic N) is 1. The molecule has 2 aliphatic carbocycles. The van der Waals surface area contributed by atoms with Crippen molar-refractivity contribution in [2.45, 2.75) is 45.7 Å². The van der Waals surface area contributed by atoms with Crippen LogP contribution in [0.2, 0.25) is 0 Å². The van der Waals surface area contributed by atoms with Gasteiger partial charge >= 0.3 is 0 Å². The molecule has 0 aromatic carbocycles. The summed E-state index contributed by atoms with van der Waals surface area (Å²) in [5.41, 5.74) is 7.21. The van der Waals surface area contributed by atoms with Crippen LogP contribution in [0.1, 0.15) is 33.6 Å². The molecule has 2 saturated carbocycles. The second-order valence-corrected chi connectivity index (χ2v) is 6.26. The highest BCUT2D eigenvalue weighted by Crippen LogP contribution is 2.65. The molecule has 4 atom stereocenters. The maximum Gasteiger partial charge on any atom is 0.0280 e. The number of rotatable bonds is 1. The van der Waals surface area contributed by atoms with E-state index in [2.05, 4.69) is 39.8 Å². The van der Waals surface area contributed by atoms with Gasteiger partial charge in [0.25, 0.3) is 0 Å². The van der Waals surface area contributed by atoms with Crippen LogP contribution in [0, 0.1) is 16.7 Å². The van der Waals surface area contributed by atoms with Crippen LogP contribution in [0.4, 0.5) is 0 Å². The molecule has 2 unspecified atom stereocenters. The highest BCUT2D eigenvalue weighted by molar-refractivity contribution is 5.18. The molecule has 0 aromatic heterocycles. The van der Waals surface area contributed by atoms with Gasteiger partial charge in [0.15, 0.2) is 0 Å². The molecule has 2 nitrogen and oxygen atoms in total. The van der Waals surface area contributed by atoms with Gasteiger partial charge in [0.2, 0.25) is 0 Å². The van der Waals surface area contributed by atoms with Gasteiger partial charge in [0, 0.05) is 12.1 Å². The zero-order valence-electron chi connectivity index (χ0n) is 10.2. The molecule has 2 N–H and O–H groups in total. The average molecular weight is 196 g/mol.